The molecule has 1 rings (SSSR count). The van der Waals surface area contributed by atoms with Crippen LogP contribution >= 0.6 is 0 Å². The number of hydrogen-bond donors (Lipinski definition) is 2. The summed E-state index contributed by atoms with van der Waals surface area (Å²) in [5.41, 5.74) is 5.08. The minimum Gasteiger partial charge on any atom is -0.464 e. The van der Waals surface area contributed by atoms with Gasteiger partial charge in [-0.1, -0.05) is 6.07 Å². The molecule has 1 amide bonds. The zero-order valence-electron chi connectivity index (χ0n) is 11.2. The molecule has 0 aliphatic rings. The smallest absolute Gasteiger partial charge is 0.332 e. The van der Waals surface area contributed by atoms with E-state index in [4.69, 9.17) is 5.73 Å². The second kappa shape index (κ2) is 6.95. The number of rotatable bonds is 5. The normalized spacial score (nSPS) is 13.4. The van der Waals surface area contributed by atoms with Crippen LogP contribution in [0.5, 0.6) is 0 Å². The summed E-state index contributed by atoms with van der Waals surface area (Å²) in [6, 6.07) is 0.863. The van der Waals surface area contributed by atoms with E-state index in [0.29, 0.717) is 0 Å². The van der Waals surface area contributed by atoms with E-state index in [-0.39, 0.29) is 12.2 Å². The number of amides is 1. The van der Waals surface area contributed by atoms with Crippen molar-refractivity contribution >= 4 is 11.9 Å². The van der Waals surface area contributed by atoms with Gasteiger partial charge in [0.15, 0.2) is 6.04 Å². The average molecular weight is 286 g/mol. The number of carbonyl (C=O) groups excluding carboxylic acids is 2. The Hall–Kier alpha value is -2.02. The second-order valence-corrected chi connectivity index (χ2v) is 4.10. The molecule has 0 aromatic heterocycles. The molecule has 0 fully saturated rings. The van der Waals surface area contributed by atoms with Crippen LogP contribution in [0.4, 0.5) is 8.78 Å². The van der Waals surface area contributed by atoms with Crippen molar-refractivity contribution in [3.05, 3.63) is 35.4 Å². The summed E-state index contributed by atoms with van der Waals surface area (Å²) in [6.07, 6.45) is 0. The van der Waals surface area contributed by atoms with E-state index < -0.39 is 35.6 Å². The maximum atomic E-state index is 13.5. The molecule has 7 heteroatoms. The number of nitrogens with two attached hydrogens (primary N) is 1. The third kappa shape index (κ3) is 3.74. The molecule has 2 atom stereocenters. The van der Waals surface area contributed by atoms with Gasteiger partial charge in [0.05, 0.1) is 12.6 Å². The van der Waals surface area contributed by atoms with Gasteiger partial charge in [-0.15, -0.1) is 0 Å². The van der Waals surface area contributed by atoms with Crippen molar-refractivity contribution in [3.8, 4) is 0 Å². The lowest BCUT2D eigenvalue weighted by Gasteiger charge is -2.18. The molecule has 20 heavy (non-hydrogen) atoms. The van der Waals surface area contributed by atoms with Crippen LogP contribution in [-0.2, 0) is 14.3 Å². The number of halogens is 2. The summed E-state index contributed by atoms with van der Waals surface area (Å²) in [5, 5.41) is 2.27. The lowest BCUT2D eigenvalue weighted by Crippen LogP contribution is -2.47. The van der Waals surface area contributed by atoms with Crippen molar-refractivity contribution in [3.63, 3.8) is 0 Å². The quantitative estimate of drug-likeness (QED) is 0.626. The Morgan fingerprint density at radius 3 is 2.40 bits per heavy atom. The zero-order chi connectivity index (χ0) is 15.3. The molecule has 1 aromatic carbocycles. The number of carbonyl (C=O) groups is 2. The highest BCUT2D eigenvalue weighted by Crippen LogP contribution is 2.20. The molecule has 0 spiro atoms. The Morgan fingerprint density at radius 2 is 1.90 bits per heavy atom. The van der Waals surface area contributed by atoms with Crippen LogP contribution in [0.15, 0.2) is 18.2 Å². The van der Waals surface area contributed by atoms with Gasteiger partial charge in [0.25, 0.3) is 0 Å². The van der Waals surface area contributed by atoms with Gasteiger partial charge in [0, 0.05) is 5.56 Å². The van der Waals surface area contributed by atoms with Gasteiger partial charge in [-0.25, -0.2) is 13.6 Å². The van der Waals surface area contributed by atoms with Crippen LogP contribution in [0.1, 0.15) is 25.5 Å². The highest BCUT2D eigenvalue weighted by molar-refractivity contribution is 6.01. The first-order chi connectivity index (χ1) is 9.38. The molecule has 2 unspecified atom stereocenters. The van der Waals surface area contributed by atoms with E-state index in [2.05, 4.69) is 10.1 Å². The Morgan fingerprint density at radius 1 is 1.35 bits per heavy atom. The molecule has 3 N–H and O–H groups in total. The first-order valence-electron chi connectivity index (χ1n) is 6.05. The van der Waals surface area contributed by atoms with E-state index >= 15 is 0 Å². The van der Waals surface area contributed by atoms with Gasteiger partial charge in [-0.05, 0) is 26.0 Å². The van der Waals surface area contributed by atoms with E-state index in [1.165, 1.54) is 13.0 Å². The van der Waals surface area contributed by atoms with Gasteiger partial charge < -0.3 is 15.8 Å². The molecule has 0 aliphatic heterocycles. The number of esters is 1. The first kappa shape index (κ1) is 16.0. The molecular formula is C13H16F2N2O3. The minimum absolute atomic E-state index is 0.0807. The lowest BCUT2D eigenvalue weighted by atomic mass is 10.1. The first-order valence-corrected chi connectivity index (χ1v) is 6.05. The van der Waals surface area contributed by atoms with Crippen LogP contribution in [0, 0.1) is 11.6 Å². The highest BCUT2D eigenvalue weighted by atomic mass is 19.1. The Balaban J connectivity index is 2.78. The zero-order valence-corrected chi connectivity index (χ0v) is 11.2. The van der Waals surface area contributed by atoms with Gasteiger partial charge in [-0.3, -0.25) is 4.79 Å². The number of nitrogens with one attached hydrogen (secondary N) is 1. The second-order valence-electron chi connectivity index (χ2n) is 4.10. The average Bonchev–Trinajstić information content (AvgIpc) is 2.37. The molecule has 0 heterocycles. The van der Waals surface area contributed by atoms with Crippen LogP contribution in [0.3, 0.4) is 0 Å². The molecule has 0 saturated carbocycles. The van der Waals surface area contributed by atoms with Crippen LogP contribution in [0.25, 0.3) is 0 Å². The van der Waals surface area contributed by atoms with Crippen molar-refractivity contribution in [2.24, 2.45) is 5.73 Å². The van der Waals surface area contributed by atoms with Crippen molar-refractivity contribution < 1.29 is 23.1 Å². The fourth-order valence-electron chi connectivity index (χ4n) is 1.64. The third-order valence-corrected chi connectivity index (χ3v) is 2.61. The van der Waals surface area contributed by atoms with E-state index in [9.17, 15) is 18.4 Å². The summed E-state index contributed by atoms with van der Waals surface area (Å²) in [4.78, 5) is 23.0. The van der Waals surface area contributed by atoms with Crippen LogP contribution in [-0.4, -0.2) is 24.5 Å². The summed E-state index contributed by atoms with van der Waals surface area (Å²) in [7, 11) is 0. The van der Waals surface area contributed by atoms with Gasteiger partial charge in [0.2, 0.25) is 5.91 Å². The molecule has 1 aromatic rings. The molecule has 0 bridgehead atoms. The van der Waals surface area contributed by atoms with Gasteiger partial charge in [-0.2, -0.15) is 0 Å². The Kier molecular flexibility index (Phi) is 5.57. The molecule has 5 nitrogen and oxygen atoms in total. The maximum Gasteiger partial charge on any atom is 0.332 e. The molecular weight excluding hydrogens is 270 g/mol. The van der Waals surface area contributed by atoms with E-state index in [1.807, 2.05) is 0 Å². The predicted molar refractivity (Wildman–Crippen MR) is 67.5 cm³/mol. The fourth-order valence-corrected chi connectivity index (χ4v) is 1.64. The summed E-state index contributed by atoms with van der Waals surface area (Å²) < 4.78 is 31.6. The van der Waals surface area contributed by atoms with E-state index in [1.54, 1.807) is 6.92 Å². The van der Waals surface area contributed by atoms with E-state index in [0.717, 1.165) is 12.1 Å². The van der Waals surface area contributed by atoms with Gasteiger partial charge >= 0.3 is 5.97 Å². The summed E-state index contributed by atoms with van der Waals surface area (Å²) in [6.45, 7) is 3.04. The molecule has 0 aliphatic carbocycles. The van der Waals surface area contributed by atoms with Gasteiger partial charge in [0.1, 0.15) is 11.6 Å². The number of ether oxygens (including phenoxy) is 1. The monoisotopic (exact) mass is 286 g/mol. The molecule has 110 valence electrons. The largest absolute Gasteiger partial charge is 0.464 e. The number of hydrogen-bond acceptors (Lipinski definition) is 4. The maximum absolute atomic E-state index is 13.5. The highest BCUT2D eigenvalue weighted by Gasteiger charge is 2.26. The topological polar surface area (TPSA) is 81.4 Å². The minimum atomic E-state index is -1.53. The SMILES string of the molecule is CCOC(=O)C(N)C(=O)NC(C)c1c(F)cccc1F. The Bertz CT molecular complexity index is 488. The molecule has 0 saturated heterocycles. The Labute approximate surface area is 115 Å². The van der Waals surface area contributed by atoms with Crippen molar-refractivity contribution in [2.75, 3.05) is 6.61 Å². The number of benzene rings is 1. The third-order valence-electron chi connectivity index (χ3n) is 2.61. The van der Waals surface area contributed by atoms with Crippen molar-refractivity contribution in [2.45, 2.75) is 25.9 Å². The summed E-state index contributed by atoms with van der Waals surface area (Å²) >= 11 is 0. The van der Waals surface area contributed by atoms with Crippen molar-refractivity contribution in [1.29, 1.82) is 0 Å². The van der Waals surface area contributed by atoms with Crippen LogP contribution in [0.2, 0.25) is 0 Å². The predicted octanol–water partition coefficient (Wildman–Crippen LogP) is 1.03. The van der Waals surface area contributed by atoms with Crippen LogP contribution < -0.4 is 11.1 Å². The summed E-state index contributed by atoms with van der Waals surface area (Å²) in [5.74, 6) is -3.34. The van der Waals surface area contributed by atoms with Crippen molar-refractivity contribution in [1.82, 2.24) is 5.32 Å². The fraction of sp³-hybridized carbons (Fsp3) is 0.385. The standard InChI is InChI=1S/C13H16F2N2O3/c1-3-20-13(19)11(16)12(18)17-7(2)10-8(14)5-4-6-9(10)15/h4-7,11H,3,16H2,1-2H3,(H,17,18). The molecule has 0 radical (unpaired) electrons. The lowest BCUT2D eigenvalue weighted by molar-refractivity contribution is -0.148.